The number of rotatable bonds is 6. The lowest BCUT2D eigenvalue weighted by atomic mass is 10.0. The molecular formula is C28H33N3O3. The molecule has 6 nitrogen and oxygen atoms in total. The van der Waals surface area contributed by atoms with E-state index in [9.17, 15) is 4.79 Å². The fraction of sp³-hybridized carbons (Fsp3) is 0.357. The molecule has 1 N–H and O–H groups in total. The topological polar surface area (TPSA) is 63.7 Å². The summed E-state index contributed by atoms with van der Waals surface area (Å²) in [6.07, 6.45) is 6.22. The zero-order valence-electron chi connectivity index (χ0n) is 20.2. The van der Waals surface area contributed by atoms with Gasteiger partial charge in [0, 0.05) is 13.1 Å². The molecule has 1 aromatic heterocycles. The first-order valence-electron chi connectivity index (χ1n) is 12.1. The Labute approximate surface area is 201 Å². The van der Waals surface area contributed by atoms with Gasteiger partial charge in [0.05, 0.1) is 18.0 Å². The van der Waals surface area contributed by atoms with E-state index in [-0.39, 0.29) is 6.10 Å². The molecule has 3 aromatic rings. The normalized spacial score (nSPS) is 13.9. The summed E-state index contributed by atoms with van der Waals surface area (Å²) < 4.78 is 11.3. The molecule has 1 saturated heterocycles. The molecule has 1 amide bonds. The van der Waals surface area contributed by atoms with Crippen molar-refractivity contribution in [1.29, 1.82) is 0 Å². The van der Waals surface area contributed by atoms with Crippen molar-refractivity contribution >= 4 is 17.6 Å². The van der Waals surface area contributed by atoms with Crippen molar-refractivity contribution in [2.24, 2.45) is 0 Å². The van der Waals surface area contributed by atoms with Crippen LogP contribution in [0.4, 0.5) is 16.3 Å². The summed E-state index contributed by atoms with van der Waals surface area (Å²) in [5.74, 6) is 2.27. The first-order chi connectivity index (χ1) is 16.5. The zero-order valence-corrected chi connectivity index (χ0v) is 20.2. The molecule has 0 radical (unpaired) electrons. The molecular weight excluding hydrogens is 426 g/mol. The van der Waals surface area contributed by atoms with Crippen LogP contribution in [0.25, 0.3) is 11.1 Å². The molecule has 1 fully saturated rings. The molecule has 1 aliphatic rings. The minimum atomic E-state index is -0.542. The average Bonchev–Trinajstić information content (AvgIpc) is 3.11. The maximum Gasteiger partial charge on any atom is 0.417 e. The third-order valence-corrected chi connectivity index (χ3v) is 5.88. The quantitative estimate of drug-likeness (QED) is 0.437. The molecule has 6 heteroatoms. The number of pyridine rings is 1. The highest BCUT2D eigenvalue weighted by molar-refractivity contribution is 5.86. The third kappa shape index (κ3) is 6.28. The summed E-state index contributed by atoms with van der Waals surface area (Å²) in [5, 5.41) is 2.77. The number of nitrogens with one attached hydrogen (secondary N) is 1. The summed E-state index contributed by atoms with van der Waals surface area (Å²) in [5.41, 5.74) is 3.74. The third-order valence-electron chi connectivity index (χ3n) is 5.88. The Hall–Kier alpha value is -3.54. The van der Waals surface area contributed by atoms with E-state index in [1.807, 2.05) is 69.3 Å². The SMILES string of the molecule is Cc1ccc(OC(=O)Nc2ccc(N3CCCCCC3)nc2)cc1-c1ccc(OC(C)C)cc1. The van der Waals surface area contributed by atoms with Crippen LogP contribution in [-0.4, -0.2) is 30.3 Å². The number of ether oxygens (including phenoxy) is 2. The van der Waals surface area contributed by atoms with E-state index in [0.717, 1.165) is 41.3 Å². The molecule has 2 heterocycles. The van der Waals surface area contributed by atoms with Crippen LogP contribution < -0.4 is 19.7 Å². The summed E-state index contributed by atoms with van der Waals surface area (Å²) in [6.45, 7) is 8.11. The number of aryl methyl sites for hydroxylation is 1. The molecule has 0 atom stereocenters. The minimum Gasteiger partial charge on any atom is -0.491 e. The fourth-order valence-electron chi connectivity index (χ4n) is 4.16. The number of carbonyl (C=O) groups is 1. The van der Waals surface area contributed by atoms with Crippen LogP contribution in [0.3, 0.4) is 0 Å². The number of benzene rings is 2. The van der Waals surface area contributed by atoms with Gasteiger partial charge in [-0.25, -0.2) is 9.78 Å². The molecule has 178 valence electrons. The standard InChI is InChI=1S/C28H33N3O3/c1-20(2)33-24-13-9-22(10-14-24)26-18-25(12-8-21(26)3)34-28(32)30-23-11-15-27(29-19-23)31-16-6-4-5-7-17-31/h8-15,18-20H,4-7,16-17H2,1-3H3,(H,30,32). The fourth-order valence-corrected chi connectivity index (χ4v) is 4.16. The molecule has 0 aliphatic carbocycles. The van der Waals surface area contributed by atoms with Gasteiger partial charge in [0.25, 0.3) is 0 Å². The van der Waals surface area contributed by atoms with Gasteiger partial charge in [-0.05, 0) is 86.7 Å². The van der Waals surface area contributed by atoms with Crippen LogP contribution in [0.15, 0.2) is 60.8 Å². The van der Waals surface area contributed by atoms with Crippen LogP contribution in [0, 0.1) is 6.92 Å². The second kappa shape index (κ2) is 11.1. The number of anilines is 2. The smallest absolute Gasteiger partial charge is 0.417 e. The van der Waals surface area contributed by atoms with Gasteiger partial charge in [-0.2, -0.15) is 0 Å². The lowest BCUT2D eigenvalue weighted by Gasteiger charge is -2.21. The van der Waals surface area contributed by atoms with Crippen molar-refractivity contribution in [3.05, 3.63) is 66.4 Å². The summed E-state index contributed by atoms with van der Waals surface area (Å²) >= 11 is 0. The molecule has 1 aliphatic heterocycles. The van der Waals surface area contributed by atoms with Crippen LogP contribution in [0.1, 0.15) is 45.1 Å². The number of amides is 1. The second-order valence-electron chi connectivity index (χ2n) is 8.99. The van der Waals surface area contributed by atoms with Gasteiger partial charge in [0.15, 0.2) is 0 Å². The van der Waals surface area contributed by atoms with Crippen LogP contribution in [-0.2, 0) is 0 Å². The van der Waals surface area contributed by atoms with E-state index in [1.165, 1.54) is 25.7 Å². The van der Waals surface area contributed by atoms with Crippen LogP contribution >= 0.6 is 0 Å². The van der Waals surface area contributed by atoms with Crippen molar-refractivity contribution in [3.63, 3.8) is 0 Å². The van der Waals surface area contributed by atoms with Crippen molar-refractivity contribution in [3.8, 4) is 22.6 Å². The zero-order chi connectivity index (χ0) is 23.9. The summed E-state index contributed by atoms with van der Waals surface area (Å²) in [4.78, 5) is 19.4. The van der Waals surface area contributed by atoms with Crippen molar-refractivity contribution in [1.82, 2.24) is 4.98 Å². The average molecular weight is 460 g/mol. The highest BCUT2D eigenvalue weighted by atomic mass is 16.6. The molecule has 4 rings (SSSR count). The molecule has 2 aromatic carbocycles. The minimum absolute atomic E-state index is 0.128. The lowest BCUT2D eigenvalue weighted by Crippen LogP contribution is -2.25. The largest absolute Gasteiger partial charge is 0.491 e. The van der Waals surface area contributed by atoms with E-state index in [2.05, 4.69) is 15.2 Å². The van der Waals surface area contributed by atoms with E-state index in [1.54, 1.807) is 12.3 Å². The molecule has 0 spiro atoms. The Morgan fingerprint density at radius 2 is 1.65 bits per heavy atom. The van der Waals surface area contributed by atoms with Gasteiger partial charge >= 0.3 is 6.09 Å². The van der Waals surface area contributed by atoms with Gasteiger partial charge in [-0.15, -0.1) is 0 Å². The number of aromatic nitrogens is 1. The van der Waals surface area contributed by atoms with E-state index in [0.29, 0.717) is 11.4 Å². The van der Waals surface area contributed by atoms with Gasteiger partial charge in [0.2, 0.25) is 0 Å². The van der Waals surface area contributed by atoms with E-state index >= 15 is 0 Å². The maximum absolute atomic E-state index is 12.5. The lowest BCUT2D eigenvalue weighted by molar-refractivity contribution is 0.215. The Morgan fingerprint density at radius 3 is 2.29 bits per heavy atom. The number of hydrogen-bond acceptors (Lipinski definition) is 5. The number of hydrogen-bond donors (Lipinski definition) is 1. The Balaban J connectivity index is 1.39. The predicted molar refractivity (Wildman–Crippen MR) is 137 cm³/mol. The van der Waals surface area contributed by atoms with Gasteiger partial charge in [0.1, 0.15) is 17.3 Å². The molecule has 0 bridgehead atoms. The summed E-state index contributed by atoms with van der Waals surface area (Å²) in [7, 11) is 0. The molecule has 0 saturated carbocycles. The second-order valence-corrected chi connectivity index (χ2v) is 8.99. The van der Waals surface area contributed by atoms with Crippen LogP contribution in [0.5, 0.6) is 11.5 Å². The number of nitrogens with zero attached hydrogens (tertiary/aromatic N) is 2. The first kappa shape index (κ1) is 23.6. The molecule has 34 heavy (non-hydrogen) atoms. The Bertz CT molecular complexity index is 1090. The van der Waals surface area contributed by atoms with Gasteiger partial charge < -0.3 is 14.4 Å². The van der Waals surface area contributed by atoms with Gasteiger partial charge in [-0.1, -0.05) is 31.0 Å². The summed E-state index contributed by atoms with van der Waals surface area (Å²) in [6, 6.07) is 17.4. The number of carbonyl (C=O) groups excluding carboxylic acids is 1. The predicted octanol–water partition coefficient (Wildman–Crippen LogP) is 6.84. The van der Waals surface area contributed by atoms with E-state index < -0.39 is 6.09 Å². The van der Waals surface area contributed by atoms with Crippen LogP contribution in [0.2, 0.25) is 0 Å². The van der Waals surface area contributed by atoms with Crippen molar-refractivity contribution in [2.45, 2.75) is 52.6 Å². The maximum atomic E-state index is 12.5. The Morgan fingerprint density at radius 1 is 0.941 bits per heavy atom. The first-order valence-corrected chi connectivity index (χ1v) is 12.1. The van der Waals surface area contributed by atoms with Crippen molar-refractivity contribution in [2.75, 3.05) is 23.3 Å². The van der Waals surface area contributed by atoms with Crippen molar-refractivity contribution < 1.29 is 14.3 Å². The highest BCUT2D eigenvalue weighted by Gasteiger charge is 2.13. The highest BCUT2D eigenvalue weighted by Crippen LogP contribution is 2.29. The van der Waals surface area contributed by atoms with E-state index in [4.69, 9.17) is 9.47 Å². The molecule has 0 unspecified atom stereocenters. The van der Waals surface area contributed by atoms with Gasteiger partial charge in [-0.3, -0.25) is 5.32 Å². The monoisotopic (exact) mass is 459 g/mol. The Kier molecular flexibility index (Phi) is 7.68.